The second-order valence-corrected chi connectivity index (χ2v) is 4.96. The average molecular weight is 282 g/mol. The number of methoxy groups -OCH3 is 1. The molecule has 0 aliphatic carbocycles. The van der Waals surface area contributed by atoms with Crippen molar-refractivity contribution in [2.45, 2.75) is 19.3 Å². The van der Waals surface area contributed by atoms with Crippen LogP contribution in [-0.2, 0) is 6.42 Å². The van der Waals surface area contributed by atoms with Gasteiger partial charge in [-0.15, -0.1) is 0 Å². The molecule has 110 valence electrons. The molecule has 1 heterocycles. The molecule has 0 spiro atoms. The van der Waals surface area contributed by atoms with Gasteiger partial charge in [0, 0.05) is 36.6 Å². The third-order valence-corrected chi connectivity index (χ3v) is 3.47. The average Bonchev–Trinajstić information content (AvgIpc) is 2.85. The van der Waals surface area contributed by atoms with Crippen LogP contribution in [0.2, 0.25) is 0 Å². The topological polar surface area (TPSA) is 28.3 Å². The molecule has 0 radical (unpaired) electrons. The molecular weight excluding hydrogens is 262 g/mol. The van der Waals surface area contributed by atoms with Crippen molar-refractivity contribution in [1.82, 2.24) is 9.88 Å². The van der Waals surface area contributed by atoms with Gasteiger partial charge in [0.2, 0.25) is 6.43 Å². The summed E-state index contributed by atoms with van der Waals surface area (Å²) in [6.07, 6.45) is 0.505. The van der Waals surface area contributed by atoms with E-state index in [4.69, 9.17) is 4.74 Å². The summed E-state index contributed by atoms with van der Waals surface area (Å²) >= 11 is 0. The van der Waals surface area contributed by atoms with Gasteiger partial charge in [-0.2, -0.15) is 0 Å². The second kappa shape index (κ2) is 6.70. The van der Waals surface area contributed by atoms with Gasteiger partial charge in [-0.3, -0.25) is 0 Å². The van der Waals surface area contributed by atoms with Crippen LogP contribution < -0.4 is 4.74 Å². The highest BCUT2D eigenvalue weighted by Crippen LogP contribution is 2.24. The fourth-order valence-corrected chi connectivity index (χ4v) is 2.23. The lowest BCUT2D eigenvalue weighted by Gasteiger charge is -2.15. The molecule has 0 amide bonds. The highest BCUT2D eigenvalue weighted by atomic mass is 19.3. The number of benzene rings is 1. The molecule has 3 nitrogen and oxygen atoms in total. The van der Waals surface area contributed by atoms with Gasteiger partial charge in [-0.25, -0.2) is 8.78 Å². The fourth-order valence-electron chi connectivity index (χ4n) is 2.23. The van der Waals surface area contributed by atoms with Crippen LogP contribution >= 0.6 is 0 Å². The van der Waals surface area contributed by atoms with Crippen LogP contribution in [0.4, 0.5) is 8.78 Å². The summed E-state index contributed by atoms with van der Waals surface area (Å²) in [5, 5.41) is 1.13. The summed E-state index contributed by atoms with van der Waals surface area (Å²) in [5.41, 5.74) is 2.25. The SMILES string of the molecule is COc1ccc2[nH]cc(CCN(C)CCC(F)F)c2c1. The zero-order valence-corrected chi connectivity index (χ0v) is 11.8. The number of aromatic amines is 1. The first-order valence-electron chi connectivity index (χ1n) is 6.71. The quantitative estimate of drug-likeness (QED) is 0.844. The van der Waals surface area contributed by atoms with Crippen molar-refractivity contribution in [3.05, 3.63) is 30.0 Å². The standard InChI is InChI=1S/C15H20F2N2O/c1-19(8-6-15(16)17)7-5-11-10-18-14-4-3-12(20-2)9-13(11)14/h3-4,9-10,15,18H,5-8H2,1-2H3. The minimum Gasteiger partial charge on any atom is -0.497 e. The van der Waals surface area contributed by atoms with Crippen LogP contribution in [-0.4, -0.2) is 43.6 Å². The predicted molar refractivity (Wildman–Crippen MR) is 76.7 cm³/mol. The molecule has 2 rings (SSSR count). The predicted octanol–water partition coefficient (Wildman–Crippen LogP) is 3.31. The first-order valence-corrected chi connectivity index (χ1v) is 6.71. The third-order valence-electron chi connectivity index (χ3n) is 3.47. The third kappa shape index (κ3) is 3.70. The molecule has 0 atom stereocenters. The van der Waals surface area contributed by atoms with Gasteiger partial charge in [0.15, 0.2) is 0 Å². The Morgan fingerprint density at radius 2 is 2.10 bits per heavy atom. The summed E-state index contributed by atoms with van der Waals surface area (Å²) in [6.45, 7) is 1.18. The zero-order chi connectivity index (χ0) is 14.5. The second-order valence-electron chi connectivity index (χ2n) is 4.96. The zero-order valence-electron chi connectivity index (χ0n) is 11.8. The number of ether oxygens (including phenoxy) is 1. The molecular formula is C15H20F2N2O. The molecule has 1 aromatic heterocycles. The smallest absolute Gasteiger partial charge is 0.239 e. The van der Waals surface area contributed by atoms with Crippen LogP contribution in [0.5, 0.6) is 5.75 Å². The number of fused-ring (bicyclic) bond motifs is 1. The van der Waals surface area contributed by atoms with E-state index in [2.05, 4.69) is 4.98 Å². The Hall–Kier alpha value is -1.62. The first kappa shape index (κ1) is 14.8. The van der Waals surface area contributed by atoms with Gasteiger partial charge in [0.05, 0.1) is 7.11 Å². The number of nitrogens with one attached hydrogen (secondary N) is 1. The number of H-pyrrole nitrogens is 1. The first-order chi connectivity index (χ1) is 9.60. The molecule has 20 heavy (non-hydrogen) atoms. The van der Waals surface area contributed by atoms with Crippen LogP contribution in [0.25, 0.3) is 10.9 Å². The van der Waals surface area contributed by atoms with Gasteiger partial charge < -0.3 is 14.6 Å². The van der Waals surface area contributed by atoms with Gasteiger partial charge >= 0.3 is 0 Å². The van der Waals surface area contributed by atoms with Gasteiger partial charge in [-0.05, 0) is 37.2 Å². The largest absolute Gasteiger partial charge is 0.497 e. The van der Waals surface area contributed by atoms with E-state index in [-0.39, 0.29) is 6.42 Å². The summed E-state index contributed by atoms with van der Waals surface area (Å²) in [7, 11) is 3.52. The number of nitrogens with zero attached hydrogens (tertiary/aromatic N) is 1. The molecule has 0 fully saturated rings. The van der Waals surface area contributed by atoms with E-state index < -0.39 is 6.43 Å². The normalized spacial score (nSPS) is 11.7. The van der Waals surface area contributed by atoms with Crippen molar-refractivity contribution >= 4 is 10.9 Å². The van der Waals surface area contributed by atoms with E-state index in [0.717, 1.165) is 29.6 Å². The Kier molecular flexibility index (Phi) is 4.95. The maximum atomic E-state index is 12.2. The van der Waals surface area contributed by atoms with Crippen molar-refractivity contribution in [2.24, 2.45) is 0 Å². The minimum absolute atomic E-state index is 0.0712. The number of halogens is 2. The fraction of sp³-hybridized carbons (Fsp3) is 0.467. The molecule has 1 N–H and O–H groups in total. The van der Waals surface area contributed by atoms with Gasteiger partial charge in [-0.1, -0.05) is 0 Å². The van der Waals surface area contributed by atoms with E-state index in [0.29, 0.717) is 6.54 Å². The van der Waals surface area contributed by atoms with Crippen molar-refractivity contribution in [2.75, 3.05) is 27.2 Å². The van der Waals surface area contributed by atoms with E-state index in [1.54, 1.807) is 7.11 Å². The summed E-state index contributed by atoms with van der Waals surface area (Å²) in [5.74, 6) is 0.824. The molecule has 5 heteroatoms. The van der Waals surface area contributed by atoms with Crippen LogP contribution in [0.3, 0.4) is 0 Å². The number of likely N-dealkylation sites (N-methyl/N-ethyl adjacent to an activating group) is 1. The maximum Gasteiger partial charge on any atom is 0.239 e. The van der Waals surface area contributed by atoms with Crippen molar-refractivity contribution < 1.29 is 13.5 Å². The minimum atomic E-state index is -2.23. The molecule has 0 unspecified atom stereocenters. The number of hydrogen-bond donors (Lipinski definition) is 1. The van der Waals surface area contributed by atoms with E-state index in [1.807, 2.05) is 36.3 Å². The lowest BCUT2D eigenvalue weighted by atomic mass is 10.1. The van der Waals surface area contributed by atoms with Crippen molar-refractivity contribution in [3.63, 3.8) is 0 Å². The number of aromatic nitrogens is 1. The Morgan fingerprint density at radius 3 is 2.80 bits per heavy atom. The molecule has 0 bridgehead atoms. The lowest BCUT2D eigenvalue weighted by Crippen LogP contribution is -2.23. The Bertz CT molecular complexity index is 554. The number of hydrogen-bond acceptors (Lipinski definition) is 2. The number of rotatable bonds is 7. The monoisotopic (exact) mass is 282 g/mol. The highest BCUT2D eigenvalue weighted by Gasteiger charge is 2.08. The lowest BCUT2D eigenvalue weighted by molar-refractivity contribution is 0.122. The summed E-state index contributed by atoms with van der Waals surface area (Å²) in [4.78, 5) is 5.16. The molecule has 1 aromatic carbocycles. The molecule has 0 saturated carbocycles. The number of alkyl halides is 2. The van der Waals surface area contributed by atoms with E-state index >= 15 is 0 Å². The van der Waals surface area contributed by atoms with Crippen LogP contribution in [0.1, 0.15) is 12.0 Å². The van der Waals surface area contributed by atoms with Crippen molar-refractivity contribution in [1.29, 1.82) is 0 Å². The highest BCUT2D eigenvalue weighted by molar-refractivity contribution is 5.84. The maximum absolute atomic E-state index is 12.2. The molecule has 0 aliphatic heterocycles. The molecule has 2 aromatic rings. The summed E-state index contributed by atoms with van der Waals surface area (Å²) < 4.78 is 29.5. The van der Waals surface area contributed by atoms with E-state index in [9.17, 15) is 8.78 Å². The van der Waals surface area contributed by atoms with Crippen LogP contribution in [0.15, 0.2) is 24.4 Å². The Labute approximate surface area is 117 Å². The molecule has 0 aliphatic rings. The van der Waals surface area contributed by atoms with Gasteiger partial charge in [0.1, 0.15) is 5.75 Å². The van der Waals surface area contributed by atoms with E-state index in [1.165, 1.54) is 5.56 Å². The summed E-state index contributed by atoms with van der Waals surface area (Å²) in [6, 6.07) is 5.90. The van der Waals surface area contributed by atoms with Crippen molar-refractivity contribution in [3.8, 4) is 5.75 Å². The molecule has 0 saturated heterocycles. The Morgan fingerprint density at radius 1 is 1.30 bits per heavy atom. The Balaban J connectivity index is 1.99. The van der Waals surface area contributed by atoms with Gasteiger partial charge in [0.25, 0.3) is 0 Å². The van der Waals surface area contributed by atoms with Crippen LogP contribution in [0, 0.1) is 0 Å².